The maximum atomic E-state index is 13.7. The molecule has 0 unspecified atom stereocenters. The van der Waals surface area contributed by atoms with Crippen LogP contribution >= 0.6 is 23.2 Å². The summed E-state index contributed by atoms with van der Waals surface area (Å²) in [5, 5.41) is 5.90. The van der Waals surface area contributed by atoms with Crippen LogP contribution in [-0.4, -0.2) is 93.1 Å². The molecule has 2 saturated heterocycles. The maximum absolute atomic E-state index is 13.7. The second-order valence-electron chi connectivity index (χ2n) is 16.3. The molecule has 318 valence electrons. The Morgan fingerprint density at radius 1 is 0.700 bits per heavy atom. The number of halogens is 2. The molecule has 0 saturated carbocycles. The molecule has 2 fully saturated rings. The van der Waals surface area contributed by atoms with Crippen LogP contribution in [0.15, 0.2) is 24.3 Å². The molecule has 8 rings (SSSR count). The lowest BCUT2D eigenvalue weighted by Crippen LogP contribution is -2.51. The van der Waals surface area contributed by atoms with E-state index in [1.807, 2.05) is 52.0 Å². The summed E-state index contributed by atoms with van der Waals surface area (Å²) >= 11 is 13.6. The number of H-pyrrole nitrogens is 2. The summed E-state index contributed by atoms with van der Waals surface area (Å²) in [6, 6.07) is 5.70. The molecule has 0 aliphatic carbocycles. The first kappa shape index (κ1) is 41.3. The second-order valence-corrected chi connectivity index (χ2v) is 17.0. The Morgan fingerprint density at radius 2 is 1.10 bits per heavy atom. The Labute approximate surface area is 357 Å². The average Bonchev–Trinajstić information content (AvgIpc) is 4.06. The predicted molar refractivity (Wildman–Crippen MR) is 221 cm³/mol. The van der Waals surface area contributed by atoms with Crippen LogP contribution in [0.5, 0.6) is 11.5 Å². The normalized spacial score (nSPS) is 18.8. The van der Waals surface area contributed by atoms with E-state index in [2.05, 4.69) is 30.6 Å². The number of rotatable bonds is 10. The van der Waals surface area contributed by atoms with Gasteiger partial charge in [-0.25, -0.2) is 19.6 Å². The van der Waals surface area contributed by atoms with Gasteiger partial charge in [0.25, 0.3) is 0 Å². The molecule has 4 aliphatic heterocycles. The number of methoxy groups -OCH3 is 2. The van der Waals surface area contributed by atoms with Crippen molar-refractivity contribution >= 4 is 47.2 Å². The van der Waals surface area contributed by atoms with E-state index in [1.54, 1.807) is 9.80 Å². The van der Waals surface area contributed by atoms with E-state index >= 15 is 0 Å². The molecule has 2 aromatic heterocycles. The number of aromatic nitrogens is 4. The number of likely N-dealkylation sites (tertiary alicyclic amines) is 2. The van der Waals surface area contributed by atoms with E-state index in [4.69, 9.17) is 42.1 Å². The zero-order valence-electron chi connectivity index (χ0n) is 34.2. The number of nitrogens with one attached hydrogen (secondary N) is 4. The van der Waals surface area contributed by atoms with Crippen LogP contribution in [-0.2, 0) is 32.3 Å². The fraction of sp³-hybridized carbons (Fsp3) is 0.476. The zero-order chi connectivity index (χ0) is 42.6. The Bertz CT molecular complexity index is 2150. The summed E-state index contributed by atoms with van der Waals surface area (Å²) in [7, 11) is 2.54. The van der Waals surface area contributed by atoms with Gasteiger partial charge in [0.15, 0.2) is 10.3 Å². The third kappa shape index (κ3) is 7.48. The number of aromatic amines is 2. The smallest absolute Gasteiger partial charge is 0.407 e. The highest BCUT2D eigenvalue weighted by Crippen LogP contribution is 2.51. The van der Waals surface area contributed by atoms with Crippen LogP contribution in [0.2, 0.25) is 10.3 Å². The predicted octanol–water partition coefficient (Wildman–Crippen LogP) is 7.31. The highest BCUT2D eigenvalue weighted by Gasteiger charge is 2.40. The van der Waals surface area contributed by atoms with Gasteiger partial charge in [0.2, 0.25) is 11.8 Å². The van der Waals surface area contributed by atoms with Crippen molar-refractivity contribution in [2.75, 3.05) is 27.3 Å². The molecule has 4 atom stereocenters. The van der Waals surface area contributed by atoms with Gasteiger partial charge in [-0.1, -0.05) is 50.9 Å². The molecule has 0 spiro atoms. The molecule has 4 amide bonds. The first-order valence-electron chi connectivity index (χ1n) is 20.2. The van der Waals surface area contributed by atoms with Gasteiger partial charge in [0, 0.05) is 46.5 Å². The molecule has 16 nitrogen and oxygen atoms in total. The zero-order valence-corrected chi connectivity index (χ0v) is 35.8. The van der Waals surface area contributed by atoms with Gasteiger partial charge >= 0.3 is 12.2 Å². The topological polar surface area (TPSA) is 193 Å². The van der Waals surface area contributed by atoms with Crippen LogP contribution in [0, 0.1) is 11.8 Å². The van der Waals surface area contributed by atoms with E-state index in [0.29, 0.717) is 60.5 Å². The van der Waals surface area contributed by atoms with E-state index in [-0.39, 0.29) is 59.3 Å². The number of carbonyl (C=O) groups excluding carboxylic acids is 4. The summed E-state index contributed by atoms with van der Waals surface area (Å²) in [6.45, 7) is 9.06. The van der Waals surface area contributed by atoms with Gasteiger partial charge in [0.05, 0.1) is 37.7 Å². The molecule has 0 radical (unpaired) electrons. The molecule has 4 aliphatic rings. The largest absolute Gasteiger partial charge is 0.488 e. The minimum atomic E-state index is -0.756. The first-order chi connectivity index (χ1) is 28.8. The maximum Gasteiger partial charge on any atom is 0.407 e. The van der Waals surface area contributed by atoms with Crippen molar-refractivity contribution < 1.29 is 38.1 Å². The Balaban J connectivity index is 1.05. The average molecular weight is 864 g/mol. The summed E-state index contributed by atoms with van der Waals surface area (Å²) in [6.07, 6.45) is 1.59. The van der Waals surface area contributed by atoms with Crippen LogP contribution in [0.3, 0.4) is 0 Å². The fourth-order valence-corrected chi connectivity index (χ4v) is 9.29. The fourth-order valence-electron chi connectivity index (χ4n) is 8.79. The lowest BCUT2D eigenvalue weighted by atomic mass is 9.87. The van der Waals surface area contributed by atoms with E-state index in [9.17, 15) is 19.2 Å². The number of hydrogen-bond acceptors (Lipinski definition) is 10. The number of hydrogen-bond donors (Lipinski definition) is 4. The summed E-state index contributed by atoms with van der Waals surface area (Å²) in [5.74, 6) is 1.75. The Morgan fingerprint density at radius 3 is 1.47 bits per heavy atom. The van der Waals surface area contributed by atoms with Crippen LogP contribution in [0.4, 0.5) is 9.59 Å². The lowest BCUT2D eigenvalue weighted by Gasteiger charge is -2.30. The molecule has 2 aromatic carbocycles. The third-order valence-corrected chi connectivity index (χ3v) is 12.4. The van der Waals surface area contributed by atoms with Gasteiger partial charge in [-0.15, -0.1) is 0 Å². The quantitative estimate of drug-likeness (QED) is 0.126. The molecule has 4 aromatic rings. The summed E-state index contributed by atoms with van der Waals surface area (Å²) in [4.78, 5) is 71.2. The Kier molecular flexibility index (Phi) is 11.4. The van der Waals surface area contributed by atoms with Gasteiger partial charge in [-0.2, -0.15) is 0 Å². The van der Waals surface area contributed by atoms with Gasteiger partial charge in [0.1, 0.15) is 48.4 Å². The molecule has 18 heteroatoms. The number of amides is 4. The molecule has 4 N–H and O–H groups in total. The molecule has 6 heterocycles. The SMILES string of the molecule is COC(=O)N[C@H](C(=O)N1CCC[C@H]1c1nc(Cl)c(-c2cc3c4c(c2)OCc2cc(-c5[nH]c([C@@H]6CCCN6C(=O)[C@@H](NC(=O)OC)C(C)C)nc5Cl)cc(c2-4)OC3)[nH]1)C(C)C. The van der Waals surface area contributed by atoms with Crippen molar-refractivity contribution in [3.8, 4) is 45.1 Å². The summed E-state index contributed by atoms with van der Waals surface area (Å²) < 4.78 is 22.4. The van der Waals surface area contributed by atoms with Gasteiger partial charge in [-0.05, 0) is 61.8 Å². The molecular weight excluding hydrogens is 815 g/mol. The van der Waals surface area contributed by atoms with Gasteiger partial charge in [-0.3, -0.25) is 9.59 Å². The highest BCUT2D eigenvalue weighted by atomic mass is 35.5. The number of alkyl carbamates (subject to hydrolysis) is 2. The molecule has 0 bridgehead atoms. The van der Waals surface area contributed by atoms with Crippen molar-refractivity contribution in [2.45, 2.75) is 90.8 Å². The number of imidazole rings is 2. The van der Waals surface area contributed by atoms with Crippen molar-refractivity contribution in [3.63, 3.8) is 0 Å². The second kappa shape index (κ2) is 16.5. The molecule has 60 heavy (non-hydrogen) atoms. The van der Waals surface area contributed by atoms with E-state index in [0.717, 1.165) is 46.2 Å². The van der Waals surface area contributed by atoms with Crippen molar-refractivity contribution in [2.24, 2.45) is 11.8 Å². The number of benzene rings is 2. The number of carbonyl (C=O) groups is 4. The molecular formula is C42H48Cl2N8O8. The monoisotopic (exact) mass is 862 g/mol. The standard InChI is InChI=1S/C42H48Cl2N8O8/c1-19(2)31(47-41(55)57-5)39(53)51-11-7-9-25(51)37-45-33(35(43)49-37)21-13-23-17-60-28-16-22(14-24-18-59-27(15-21)29(23)30(24)28)34-36(44)50-38(46-34)26-10-8-12-52(26)40(54)32(20(3)4)48-42(56)58-6/h13-16,19-20,25-26,31-32H,7-12,17-18H2,1-6H3,(H,45,49)(H,46,50)(H,47,55)(H,48,56)/t25-,26-,31-,32-/m0/s1. The number of nitrogens with zero attached hydrogens (tertiary/aromatic N) is 4. The van der Waals surface area contributed by atoms with Crippen molar-refractivity contribution in [1.29, 1.82) is 0 Å². The third-order valence-electron chi connectivity index (χ3n) is 11.8. The minimum Gasteiger partial charge on any atom is -0.488 e. The Hall–Kier alpha value is -5.48. The first-order valence-corrected chi connectivity index (χ1v) is 20.9. The van der Waals surface area contributed by atoms with Crippen LogP contribution < -0.4 is 20.1 Å². The highest BCUT2D eigenvalue weighted by molar-refractivity contribution is 6.32. The van der Waals surface area contributed by atoms with E-state index in [1.165, 1.54) is 14.2 Å². The van der Waals surface area contributed by atoms with Crippen LogP contribution in [0.1, 0.15) is 88.2 Å². The minimum absolute atomic E-state index is 0.161. The number of ether oxygens (including phenoxy) is 4. The summed E-state index contributed by atoms with van der Waals surface area (Å²) in [5.41, 5.74) is 6.42. The van der Waals surface area contributed by atoms with Crippen LogP contribution in [0.25, 0.3) is 33.6 Å². The van der Waals surface area contributed by atoms with Crippen molar-refractivity contribution in [3.05, 3.63) is 57.3 Å². The van der Waals surface area contributed by atoms with Gasteiger partial charge < -0.3 is 49.3 Å². The van der Waals surface area contributed by atoms with E-state index < -0.39 is 24.3 Å². The lowest BCUT2D eigenvalue weighted by molar-refractivity contribution is -0.136. The van der Waals surface area contributed by atoms with Crippen molar-refractivity contribution in [1.82, 2.24) is 40.4 Å².